The molecule has 0 aliphatic carbocycles. The van der Waals surface area contributed by atoms with Crippen molar-refractivity contribution >= 4 is 5.82 Å². The van der Waals surface area contributed by atoms with Crippen LogP contribution in [0.4, 0.5) is 19.0 Å². The molecule has 1 saturated heterocycles. The fraction of sp³-hybridized carbons (Fsp3) is 0.692. The number of aliphatic hydroxyl groups is 2. The number of hydrogen-bond acceptors (Lipinski definition) is 6. The summed E-state index contributed by atoms with van der Waals surface area (Å²) in [6.45, 7) is 1.98. The molecule has 0 amide bonds. The summed E-state index contributed by atoms with van der Waals surface area (Å²) in [5.74, 6) is -0.136. The van der Waals surface area contributed by atoms with Crippen LogP contribution in [0.1, 0.15) is 25.5 Å². The number of alkyl halides is 3. The first-order valence-electron chi connectivity index (χ1n) is 6.96. The summed E-state index contributed by atoms with van der Waals surface area (Å²) < 4.78 is 43.2. The highest BCUT2D eigenvalue weighted by Gasteiger charge is 2.38. The third-order valence-electron chi connectivity index (χ3n) is 3.46. The summed E-state index contributed by atoms with van der Waals surface area (Å²) in [6.07, 6.45) is -4.24. The molecule has 9 heteroatoms. The molecule has 0 radical (unpaired) electrons. The van der Waals surface area contributed by atoms with Gasteiger partial charge in [-0.25, -0.2) is 4.98 Å². The van der Waals surface area contributed by atoms with Gasteiger partial charge in [0.25, 0.3) is 0 Å². The molecule has 6 nitrogen and oxygen atoms in total. The molecule has 22 heavy (non-hydrogen) atoms. The van der Waals surface area contributed by atoms with E-state index >= 15 is 0 Å². The topological polar surface area (TPSA) is 87.5 Å². The smallest absolute Gasteiger partial charge is 0.388 e. The standard InChI is InChI=1S/C13H18F3N3O3/c1-2-3-8-12(21)11(20)7(6-22-8)18-10-5-17-4-9(19-10)13(14,15)16/h4-5,7-8,11-12,20-21H,2-3,6H2,1H3,(H,18,19)/t7-,8?,11+,12-/m0/s1. The average Bonchev–Trinajstić information content (AvgIpc) is 2.46. The monoisotopic (exact) mass is 321 g/mol. The van der Waals surface area contributed by atoms with E-state index in [1.54, 1.807) is 0 Å². The second kappa shape index (κ2) is 6.76. The van der Waals surface area contributed by atoms with Crippen LogP contribution in [0.5, 0.6) is 0 Å². The molecule has 1 unspecified atom stereocenters. The van der Waals surface area contributed by atoms with E-state index in [9.17, 15) is 23.4 Å². The highest BCUT2D eigenvalue weighted by molar-refractivity contribution is 5.34. The van der Waals surface area contributed by atoms with Gasteiger partial charge in [-0.1, -0.05) is 13.3 Å². The van der Waals surface area contributed by atoms with Crippen molar-refractivity contribution in [1.82, 2.24) is 9.97 Å². The minimum Gasteiger partial charge on any atom is -0.388 e. The summed E-state index contributed by atoms with van der Waals surface area (Å²) in [7, 11) is 0. The zero-order valence-corrected chi connectivity index (χ0v) is 11.9. The SMILES string of the molecule is CCCC1OC[C@H](Nc2cncc(C(F)(F)F)n2)[C@@H](O)[C@H]1O. The Morgan fingerprint density at radius 3 is 2.68 bits per heavy atom. The fourth-order valence-corrected chi connectivity index (χ4v) is 2.31. The number of aromatic nitrogens is 2. The first kappa shape index (κ1) is 16.9. The molecule has 0 saturated carbocycles. The molecule has 124 valence electrons. The lowest BCUT2D eigenvalue weighted by Gasteiger charge is -2.38. The highest BCUT2D eigenvalue weighted by Crippen LogP contribution is 2.28. The molecule has 3 N–H and O–H groups in total. The Bertz CT molecular complexity index is 501. The van der Waals surface area contributed by atoms with Crippen LogP contribution in [-0.2, 0) is 10.9 Å². The molecule has 1 aromatic heterocycles. The van der Waals surface area contributed by atoms with Gasteiger partial charge in [-0.15, -0.1) is 0 Å². The Kier molecular flexibility index (Phi) is 5.20. The molecular formula is C13H18F3N3O3. The van der Waals surface area contributed by atoms with Gasteiger partial charge in [0.15, 0.2) is 5.69 Å². The van der Waals surface area contributed by atoms with Crippen LogP contribution in [0.2, 0.25) is 0 Å². The Morgan fingerprint density at radius 1 is 1.32 bits per heavy atom. The maximum absolute atomic E-state index is 12.6. The van der Waals surface area contributed by atoms with E-state index in [0.717, 1.165) is 12.6 Å². The second-order valence-electron chi connectivity index (χ2n) is 5.18. The number of hydrogen-bond donors (Lipinski definition) is 3. The zero-order chi connectivity index (χ0) is 16.3. The van der Waals surface area contributed by atoms with E-state index in [-0.39, 0.29) is 12.4 Å². The molecule has 1 aliphatic rings. The first-order valence-corrected chi connectivity index (χ1v) is 6.96. The summed E-state index contributed by atoms with van der Waals surface area (Å²) in [5.41, 5.74) is -1.13. The maximum atomic E-state index is 12.6. The van der Waals surface area contributed by atoms with Crippen molar-refractivity contribution in [3.8, 4) is 0 Å². The van der Waals surface area contributed by atoms with E-state index in [2.05, 4.69) is 15.3 Å². The molecule has 0 spiro atoms. The summed E-state index contributed by atoms with van der Waals surface area (Å²) in [4.78, 5) is 6.88. The molecule has 2 heterocycles. The summed E-state index contributed by atoms with van der Waals surface area (Å²) in [6, 6.07) is -0.763. The largest absolute Gasteiger partial charge is 0.434 e. The van der Waals surface area contributed by atoms with Crippen molar-refractivity contribution in [1.29, 1.82) is 0 Å². The number of anilines is 1. The Morgan fingerprint density at radius 2 is 2.05 bits per heavy atom. The van der Waals surface area contributed by atoms with Gasteiger partial charge in [0.1, 0.15) is 18.0 Å². The van der Waals surface area contributed by atoms with Gasteiger partial charge < -0.3 is 20.3 Å². The van der Waals surface area contributed by atoms with Gasteiger partial charge in [0.2, 0.25) is 0 Å². The minimum atomic E-state index is -4.60. The normalized spacial score (nSPS) is 29.4. The van der Waals surface area contributed by atoms with Crippen molar-refractivity contribution in [3.05, 3.63) is 18.1 Å². The Labute approximate surface area is 125 Å². The number of aliphatic hydroxyl groups excluding tert-OH is 2. The Hall–Kier alpha value is -1.45. The Balaban J connectivity index is 2.05. The highest BCUT2D eigenvalue weighted by atomic mass is 19.4. The minimum absolute atomic E-state index is 0.0564. The predicted octanol–water partition coefficient (Wildman–Crippen LogP) is 1.20. The quantitative estimate of drug-likeness (QED) is 0.772. The van der Waals surface area contributed by atoms with Crippen LogP contribution in [-0.4, -0.2) is 51.1 Å². The van der Waals surface area contributed by atoms with E-state index < -0.39 is 36.2 Å². The van der Waals surface area contributed by atoms with Gasteiger partial charge in [-0.3, -0.25) is 4.98 Å². The van der Waals surface area contributed by atoms with Crippen LogP contribution in [0.15, 0.2) is 12.4 Å². The van der Waals surface area contributed by atoms with Gasteiger partial charge in [-0.2, -0.15) is 13.2 Å². The van der Waals surface area contributed by atoms with Crippen LogP contribution < -0.4 is 5.32 Å². The van der Waals surface area contributed by atoms with Crippen molar-refractivity contribution in [2.24, 2.45) is 0 Å². The first-order chi connectivity index (χ1) is 10.3. The van der Waals surface area contributed by atoms with E-state index in [4.69, 9.17) is 4.74 Å². The van der Waals surface area contributed by atoms with Gasteiger partial charge in [-0.05, 0) is 6.42 Å². The molecular weight excluding hydrogens is 303 g/mol. The lowest BCUT2D eigenvalue weighted by atomic mass is 9.95. The van der Waals surface area contributed by atoms with Crippen LogP contribution >= 0.6 is 0 Å². The lowest BCUT2D eigenvalue weighted by Crippen LogP contribution is -2.55. The fourth-order valence-electron chi connectivity index (χ4n) is 2.31. The number of nitrogens with zero attached hydrogens (tertiary/aromatic N) is 2. The van der Waals surface area contributed by atoms with Gasteiger partial charge >= 0.3 is 6.18 Å². The number of ether oxygens (including phenoxy) is 1. The number of rotatable bonds is 4. The van der Waals surface area contributed by atoms with Gasteiger partial charge in [0.05, 0.1) is 31.1 Å². The molecule has 1 aromatic rings. The van der Waals surface area contributed by atoms with Crippen molar-refractivity contribution in [3.63, 3.8) is 0 Å². The van der Waals surface area contributed by atoms with Gasteiger partial charge in [0, 0.05) is 0 Å². The summed E-state index contributed by atoms with van der Waals surface area (Å²) >= 11 is 0. The van der Waals surface area contributed by atoms with E-state index in [1.165, 1.54) is 0 Å². The molecule has 1 fully saturated rings. The molecule has 4 atom stereocenters. The third-order valence-corrected chi connectivity index (χ3v) is 3.46. The maximum Gasteiger partial charge on any atom is 0.434 e. The lowest BCUT2D eigenvalue weighted by molar-refractivity contribution is -0.143. The summed E-state index contributed by atoms with van der Waals surface area (Å²) in [5, 5.41) is 22.7. The van der Waals surface area contributed by atoms with Crippen molar-refractivity contribution < 1.29 is 28.1 Å². The van der Waals surface area contributed by atoms with Crippen LogP contribution in [0.3, 0.4) is 0 Å². The van der Waals surface area contributed by atoms with Crippen molar-refractivity contribution in [2.45, 2.75) is 50.3 Å². The third kappa shape index (κ3) is 3.84. The van der Waals surface area contributed by atoms with Crippen molar-refractivity contribution in [2.75, 3.05) is 11.9 Å². The predicted molar refractivity (Wildman–Crippen MR) is 71.1 cm³/mol. The van der Waals surface area contributed by atoms with Crippen LogP contribution in [0.25, 0.3) is 0 Å². The molecule has 2 rings (SSSR count). The zero-order valence-electron chi connectivity index (χ0n) is 11.9. The molecule has 0 bridgehead atoms. The number of halogens is 3. The van der Waals surface area contributed by atoms with E-state index in [1.807, 2.05) is 6.92 Å². The molecule has 1 aliphatic heterocycles. The second-order valence-corrected chi connectivity index (χ2v) is 5.18. The van der Waals surface area contributed by atoms with Crippen LogP contribution in [0, 0.1) is 0 Å². The average molecular weight is 321 g/mol. The van der Waals surface area contributed by atoms with E-state index in [0.29, 0.717) is 12.6 Å². The molecule has 0 aromatic carbocycles. The number of nitrogens with one attached hydrogen (secondary N) is 1.